The molecule has 0 saturated carbocycles. The second-order valence-corrected chi connectivity index (χ2v) is 4.38. The van der Waals surface area contributed by atoms with E-state index in [1.54, 1.807) is 6.20 Å². The lowest BCUT2D eigenvalue weighted by Gasteiger charge is -2.05. The van der Waals surface area contributed by atoms with Crippen LogP contribution in [-0.4, -0.2) is 15.3 Å². The number of nitriles is 1. The first-order valence-corrected chi connectivity index (χ1v) is 5.96. The number of imidazole rings is 1. The van der Waals surface area contributed by atoms with Crippen molar-refractivity contribution in [2.24, 2.45) is 0 Å². The average Bonchev–Trinajstić information content (AvgIpc) is 2.75. The fraction of sp³-hybridized carbons (Fsp3) is 0.0909. The van der Waals surface area contributed by atoms with E-state index in [4.69, 9.17) is 16.9 Å². The van der Waals surface area contributed by atoms with Crippen molar-refractivity contribution in [3.63, 3.8) is 0 Å². The van der Waals surface area contributed by atoms with Crippen LogP contribution in [0.3, 0.4) is 0 Å². The van der Waals surface area contributed by atoms with Gasteiger partial charge in [-0.2, -0.15) is 5.26 Å². The Bertz CT molecular complexity index is 513. The Morgan fingerprint density at radius 3 is 2.81 bits per heavy atom. The smallest absolute Gasteiger partial charge is 0.173 e. The summed E-state index contributed by atoms with van der Waals surface area (Å²) in [5.41, 5.74) is 0.988. The van der Waals surface area contributed by atoms with Gasteiger partial charge >= 0.3 is 0 Å². The zero-order chi connectivity index (χ0) is 11.4. The molecular formula is C11H8ClN3S. The fourth-order valence-electron chi connectivity index (χ4n) is 1.29. The Balaban J connectivity index is 2.30. The molecule has 0 N–H and O–H groups in total. The average molecular weight is 250 g/mol. The van der Waals surface area contributed by atoms with Crippen molar-refractivity contribution in [2.75, 3.05) is 5.75 Å². The fourth-order valence-corrected chi connectivity index (χ4v) is 2.05. The highest BCUT2D eigenvalue weighted by Gasteiger charge is 2.04. The Morgan fingerprint density at radius 2 is 2.12 bits per heavy atom. The molecule has 0 radical (unpaired) electrons. The Morgan fingerprint density at radius 1 is 1.38 bits per heavy atom. The molecule has 80 valence electrons. The van der Waals surface area contributed by atoms with Crippen LogP contribution < -0.4 is 0 Å². The number of aromatic nitrogens is 2. The first kappa shape index (κ1) is 11.1. The van der Waals surface area contributed by atoms with E-state index in [0.29, 0.717) is 10.8 Å². The number of hydrogen-bond acceptors (Lipinski definition) is 3. The van der Waals surface area contributed by atoms with E-state index in [0.717, 1.165) is 10.8 Å². The molecule has 0 saturated heterocycles. The highest BCUT2D eigenvalue weighted by Crippen LogP contribution is 2.21. The summed E-state index contributed by atoms with van der Waals surface area (Å²) in [7, 11) is 0. The maximum atomic E-state index is 8.54. The second-order valence-electron chi connectivity index (χ2n) is 3.00. The van der Waals surface area contributed by atoms with Gasteiger partial charge in [-0.05, 0) is 24.3 Å². The van der Waals surface area contributed by atoms with Crippen LogP contribution in [0.4, 0.5) is 0 Å². The number of hydrogen-bond donors (Lipinski definition) is 0. The first-order valence-electron chi connectivity index (χ1n) is 4.60. The molecule has 2 rings (SSSR count). The van der Waals surface area contributed by atoms with Gasteiger partial charge in [-0.25, -0.2) is 4.98 Å². The van der Waals surface area contributed by atoms with Crippen LogP contribution in [0.25, 0.3) is 5.69 Å². The summed E-state index contributed by atoms with van der Waals surface area (Å²) in [6.45, 7) is 0. The van der Waals surface area contributed by atoms with Crippen LogP contribution in [0, 0.1) is 11.3 Å². The minimum Gasteiger partial charge on any atom is -0.295 e. The minimum atomic E-state index is 0.393. The standard InChI is InChI=1S/C11H8ClN3S/c12-9-1-3-10(4-2-9)15-7-6-14-11(15)16-8-5-13/h1-4,6-7H,8H2. The Labute approximate surface area is 103 Å². The molecule has 0 aliphatic heterocycles. The zero-order valence-corrected chi connectivity index (χ0v) is 9.87. The summed E-state index contributed by atoms with van der Waals surface area (Å²) >= 11 is 7.23. The van der Waals surface area contributed by atoms with Gasteiger partial charge in [-0.15, -0.1) is 0 Å². The van der Waals surface area contributed by atoms with Crippen molar-refractivity contribution in [2.45, 2.75) is 5.16 Å². The third-order valence-electron chi connectivity index (χ3n) is 1.98. The molecule has 1 aromatic carbocycles. The number of halogens is 1. The van der Waals surface area contributed by atoms with Crippen molar-refractivity contribution in [3.8, 4) is 11.8 Å². The third kappa shape index (κ3) is 2.38. The summed E-state index contributed by atoms with van der Waals surface area (Å²) in [5, 5.41) is 10.1. The molecule has 3 nitrogen and oxygen atoms in total. The zero-order valence-electron chi connectivity index (χ0n) is 8.30. The maximum absolute atomic E-state index is 8.54. The van der Waals surface area contributed by atoms with Gasteiger partial charge in [0.15, 0.2) is 5.16 Å². The molecule has 0 aliphatic rings. The van der Waals surface area contributed by atoms with Crippen molar-refractivity contribution in [1.29, 1.82) is 5.26 Å². The van der Waals surface area contributed by atoms with E-state index >= 15 is 0 Å². The van der Waals surface area contributed by atoms with Gasteiger partial charge in [0.1, 0.15) is 0 Å². The molecule has 0 aliphatic carbocycles. The van der Waals surface area contributed by atoms with E-state index in [1.165, 1.54) is 11.8 Å². The number of benzene rings is 1. The van der Waals surface area contributed by atoms with Crippen LogP contribution >= 0.6 is 23.4 Å². The predicted molar refractivity (Wildman–Crippen MR) is 64.9 cm³/mol. The second kappa shape index (κ2) is 5.06. The summed E-state index contributed by atoms with van der Waals surface area (Å²) in [5.74, 6) is 0.393. The van der Waals surface area contributed by atoms with Crippen molar-refractivity contribution in [3.05, 3.63) is 41.7 Å². The van der Waals surface area contributed by atoms with E-state index in [-0.39, 0.29) is 0 Å². The number of rotatable bonds is 3. The summed E-state index contributed by atoms with van der Waals surface area (Å²) in [4.78, 5) is 4.19. The van der Waals surface area contributed by atoms with Gasteiger partial charge < -0.3 is 0 Å². The molecule has 0 atom stereocenters. The normalized spacial score (nSPS) is 10.0. The van der Waals surface area contributed by atoms with Gasteiger partial charge in [0, 0.05) is 23.1 Å². The van der Waals surface area contributed by atoms with Gasteiger partial charge in [-0.3, -0.25) is 4.57 Å². The van der Waals surface area contributed by atoms with Crippen molar-refractivity contribution in [1.82, 2.24) is 9.55 Å². The number of nitrogens with zero attached hydrogens (tertiary/aromatic N) is 3. The van der Waals surface area contributed by atoms with Gasteiger partial charge in [0.2, 0.25) is 0 Å². The van der Waals surface area contributed by atoms with Crippen LogP contribution in [0.5, 0.6) is 0 Å². The van der Waals surface area contributed by atoms with Crippen molar-refractivity contribution < 1.29 is 0 Å². The van der Waals surface area contributed by atoms with Crippen LogP contribution in [-0.2, 0) is 0 Å². The summed E-state index contributed by atoms with van der Waals surface area (Å²) < 4.78 is 1.93. The van der Waals surface area contributed by atoms with Crippen LogP contribution in [0.2, 0.25) is 5.02 Å². The molecule has 0 bridgehead atoms. The Hall–Kier alpha value is -1.44. The van der Waals surface area contributed by atoms with Gasteiger partial charge in [-0.1, -0.05) is 23.4 Å². The lowest BCUT2D eigenvalue weighted by molar-refractivity contribution is 0.897. The molecule has 0 unspecified atom stereocenters. The van der Waals surface area contributed by atoms with E-state index < -0.39 is 0 Å². The highest BCUT2D eigenvalue weighted by molar-refractivity contribution is 7.99. The highest BCUT2D eigenvalue weighted by atomic mass is 35.5. The molecular weight excluding hydrogens is 242 g/mol. The molecule has 1 heterocycles. The third-order valence-corrected chi connectivity index (χ3v) is 3.06. The molecule has 16 heavy (non-hydrogen) atoms. The molecule has 5 heteroatoms. The lowest BCUT2D eigenvalue weighted by Crippen LogP contribution is -1.94. The van der Waals surface area contributed by atoms with Gasteiger partial charge in [0.05, 0.1) is 11.8 Å². The number of thioether (sulfide) groups is 1. The quantitative estimate of drug-likeness (QED) is 0.785. The molecule has 0 fully saturated rings. The van der Waals surface area contributed by atoms with E-state index in [2.05, 4.69) is 11.1 Å². The monoisotopic (exact) mass is 249 g/mol. The summed E-state index contributed by atoms with van der Waals surface area (Å²) in [6, 6.07) is 9.57. The van der Waals surface area contributed by atoms with Crippen LogP contribution in [0.15, 0.2) is 41.8 Å². The molecule has 0 amide bonds. The molecule has 2 aromatic rings. The van der Waals surface area contributed by atoms with E-state index in [9.17, 15) is 0 Å². The maximum Gasteiger partial charge on any atom is 0.173 e. The molecule has 1 aromatic heterocycles. The lowest BCUT2D eigenvalue weighted by atomic mass is 10.3. The predicted octanol–water partition coefficient (Wildman–Crippen LogP) is 3.14. The molecule has 0 spiro atoms. The first-order chi connectivity index (χ1) is 7.81. The van der Waals surface area contributed by atoms with E-state index in [1.807, 2.05) is 35.0 Å². The Kier molecular flexibility index (Phi) is 3.50. The SMILES string of the molecule is N#CCSc1nccn1-c1ccc(Cl)cc1. The van der Waals surface area contributed by atoms with Gasteiger partial charge in [0.25, 0.3) is 0 Å². The van der Waals surface area contributed by atoms with Crippen LogP contribution in [0.1, 0.15) is 0 Å². The largest absolute Gasteiger partial charge is 0.295 e. The topological polar surface area (TPSA) is 41.6 Å². The summed E-state index contributed by atoms with van der Waals surface area (Å²) in [6.07, 6.45) is 3.58. The van der Waals surface area contributed by atoms with Crippen molar-refractivity contribution >= 4 is 23.4 Å². The minimum absolute atomic E-state index is 0.393.